The number of fused-ring (bicyclic) bond motifs is 1. The first-order chi connectivity index (χ1) is 5.29. The highest BCUT2D eigenvalue weighted by Gasteiger charge is 2.04. The summed E-state index contributed by atoms with van der Waals surface area (Å²) in [7, 11) is 0. The highest BCUT2D eigenvalue weighted by Crippen LogP contribution is 2.11. The number of imidazole rings is 1. The van der Waals surface area contributed by atoms with E-state index in [1.165, 1.54) is 17.3 Å². The number of nitrogens with two attached hydrogens (primary N) is 2. The van der Waals surface area contributed by atoms with E-state index in [9.17, 15) is 0 Å². The molecule has 0 saturated carbocycles. The molecule has 2 heterocycles. The Morgan fingerprint density at radius 2 is 2.09 bits per heavy atom. The number of hydrogen-bond acceptors (Lipinski definition) is 5. The zero-order chi connectivity index (χ0) is 7.84. The monoisotopic (exact) mass is 150 g/mol. The molecular formula is C5H6N6. The van der Waals surface area contributed by atoms with Gasteiger partial charge >= 0.3 is 0 Å². The molecule has 2 aromatic rings. The second-order valence-corrected chi connectivity index (χ2v) is 2.08. The molecular weight excluding hydrogens is 144 g/mol. The van der Waals surface area contributed by atoms with Gasteiger partial charge in [0, 0.05) is 0 Å². The van der Waals surface area contributed by atoms with Crippen LogP contribution in [-0.2, 0) is 0 Å². The minimum atomic E-state index is 0.343. The summed E-state index contributed by atoms with van der Waals surface area (Å²) in [5, 5.41) is 0. The summed E-state index contributed by atoms with van der Waals surface area (Å²) in [4.78, 5) is 11.5. The van der Waals surface area contributed by atoms with Gasteiger partial charge in [0.05, 0.1) is 0 Å². The van der Waals surface area contributed by atoms with Crippen LogP contribution in [0.2, 0.25) is 0 Å². The molecule has 0 radical (unpaired) electrons. The van der Waals surface area contributed by atoms with E-state index in [1.807, 2.05) is 0 Å². The van der Waals surface area contributed by atoms with Gasteiger partial charge in [-0.3, -0.25) is 0 Å². The van der Waals surface area contributed by atoms with E-state index in [1.54, 1.807) is 0 Å². The molecule has 0 fully saturated rings. The third-order valence-electron chi connectivity index (χ3n) is 1.39. The number of rotatable bonds is 0. The van der Waals surface area contributed by atoms with E-state index < -0.39 is 0 Å². The Balaban J connectivity index is 2.96. The molecule has 11 heavy (non-hydrogen) atoms. The van der Waals surface area contributed by atoms with Crippen molar-refractivity contribution >= 4 is 17.0 Å². The van der Waals surface area contributed by atoms with E-state index in [0.717, 1.165) is 0 Å². The fraction of sp³-hybridized carbons (Fsp3) is 0. The van der Waals surface area contributed by atoms with Gasteiger partial charge < -0.3 is 11.6 Å². The number of nitrogens with zero attached hydrogens (tertiary/aromatic N) is 4. The van der Waals surface area contributed by atoms with Crippen molar-refractivity contribution in [1.82, 2.24) is 19.6 Å². The molecule has 0 unspecified atom stereocenters. The van der Waals surface area contributed by atoms with E-state index in [-0.39, 0.29) is 0 Å². The van der Waals surface area contributed by atoms with Crippen LogP contribution in [0, 0.1) is 0 Å². The fourth-order valence-electron chi connectivity index (χ4n) is 0.899. The van der Waals surface area contributed by atoms with Crippen LogP contribution in [-0.4, -0.2) is 19.6 Å². The zero-order valence-corrected chi connectivity index (χ0v) is 5.60. The standard InChI is InChI=1S/C5H6N6/c6-4-3-5(9-1-8-4)10-2-11(3)7/h1-2H,7H2,(H2,6,8,9). The normalized spacial score (nSPS) is 10.5. The Kier molecular flexibility index (Phi) is 0.974. The summed E-state index contributed by atoms with van der Waals surface area (Å²) in [5.74, 6) is 5.81. The Labute approximate surface area is 61.8 Å². The lowest BCUT2D eigenvalue weighted by Gasteiger charge is -1.95. The third-order valence-corrected chi connectivity index (χ3v) is 1.39. The van der Waals surface area contributed by atoms with Crippen molar-refractivity contribution in [2.75, 3.05) is 11.6 Å². The summed E-state index contributed by atoms with van der Waals surface area (Å²) < 4.78 is 1.30. The molecule has 6 nitrogen and oxygen atoms in total. The van der Waals surface area contributed by atoms with Crippen molar-refractivity contribution in [2.45, 2.75) is 0 Å². The fourth-order valence-corrected chi connectivity index (χ4v) is 0.899. The molecule has 0 saturated heterocycles. The Hall–Kier alpha value is -1.85. The maximum absolute atomic E-state index is 5.51. The summed E-state index contributed by atoms with van der Waals surface area (Å²) >= 11 is 0. The number of aromatic nitrogens is 4. The number of anilines is 1. The van der Waals surface area contributed by atoms with Crippen LogP contribution in [0.15, 0.2) is 12.7 Å². The third kappa shape index (κ3) is 0.689. The van der Waals surface area contributed by atoms with Gasteiger partial charge in [0.15, 0.2) is 17.0 Å². The predicted molar refractivity (Wildman–Crippen MR) is 39.9 cm³/mol. The molecule has 6 heteroatoms. The SMILES string of the molecule is Nc1ncnc2ncn(N)c12. The Morgan fingerprint density at radius 1 is 1.27 bits per heavy atom. The van der Waals surface area contributed by atoms with Crippen LogP contribution in [0.3, 0.4) is 0 Å². The second kappa shape index (κ2) is 1.82. The van der Waals surface area contributed by atoms with Crippen molar-refractivity contribution in [3.05, 3.63) is 12.7 Å². The number of hydrogen-bond donors (Lipinski definition) is 2. The average Bonchev–Trinajstić information content (AvgIpc) is 2.34. The smallest absolute Gasteiger partial charge is 0.184 e. The lowest BCUT2D eigenvalue weighted by Crippen LogP contribution is -2.07. The molecule has 0 aromatic carbocycles. The number of nitrogen functional groups attached to an aromatic ring is 2. The molecule has 0 bridgehead atoms. The van der Waals surface area contributed by atoms with Crippen LogP contribution in [0.1, 0.15) is 0 Å². The Morgan fingerprint density at radius 3 is 2.82 bits per heavy atom. The minimum Gasteiger partial charge on any atom is -0.382 e. The highest BCUT2D eigenvalue weighted by atomic mass is 15.3. The first kappa shape index (κ1) is 5.90. The summed E-state index contributed by atoms with van der Waals surface area (Å²) in [5.41, 5.74) is 6.59. The average molecular weight is 150 g/mol. The van der Waals surface area contributed by atoms with Crippen molar-refractivity contribution in [1.29, 1.82) is 0 Å². The van der Waals surface area contributed by atoms with E-state index in [2.05, 4.69) is 15.0 Å². The van der Waals surface area contributed by atoms with Gasteiger partial charge in [-0.05, 0) is 0 Å². The quantitative estimate of drug-likeness (QED) is 0.475. The molecule has 2 rings (SSSR count). The molecule has 0 aliphatic rings. The van der Waals surface area contributed by atoms with Crippen LogP contribution >= 0.6 is 0 Å². The molecule has 56 valence electrons. The molecule has 0 spiro atoms. The van der Waals surface area contributed by atoms with Crippen molar-refractivity contribution in [2.24, 2.45) is 0 Å². The van der Waals surface area contributed by atoms with Crippen molar-refractivity contribution in [3.8, 4) is 0 Å². The molecule has 0 aliphatic heterocycles. The summed E-state index contributed by atoms with van der Waals surface area (Å²) in [6, 6.07) is 0. The van der Waals surface area contributed by atoms with Crippen LogP contribution in [0.5, 0.6) is 0 Å². The Bertz CT molecular complexity index is 391. The molecule has 0 aliphatic carbocycles. The predicted octanol–water partition coefficient (Wildman–Crippen LogP) is -0.878. The van der Waals surface area contributed by atoms with Gasteiger partial charge in [0.25, 0.3) is 0 Å². The molecule has 0 atom stereocenters. The minimum absolute atomic E-state index is 0.343. The van der Waals surface area contributed by atoms with E-state index >= 15 is 0 Å². The largest absolute Gasteiger partial charge is 0.382 e. The lowest BCUT2D eigenvalue weighted by atomic mass is 10.5. The van der Waals surface area contributed by atoms with Gasteiger partial charge in [-0.2, -0.15) is 0 Å². The van der Waals surface area contributed by atoms with Gasteiger partial charge in [-0.15, -0.1) is 0 Å². The highest BCUT2D eigenvalue weighted by molar-refractivity contribution is 5.81. The van der Waals surface area contributed by atoms with Crippen LogP contribution < -0.4 is 11.6 Å². The van der Waals surface area contributed by atoms with Crippen LogP contribution in [0.4, 0.5) is 5.82 Å². The molecule has 4 N–H and O–H groups in total. The van der Waals surface area contributed by atoms with E-state index in [4.69, 9.17) is 11.6 Å². The zero-order valence-electron chi connectivity index (χ0n) is 5.60. The molecule has 0 amide bonds. The summed E-state index contributed by atoms with van der Waals surface area (Å²) in [6.07, 6.45) is 2.79. The maximum atomic E-state index is 5.51. The summed E-state index contributed by atoms with van der Waals surface area (Å²) in [6.45, 7) is 0. The van der Waals surface area contributed by atoms with Gasteiger partial charge in [0.1, 0.15) is 12.7 Å². The lowest BCUT2D eigenvalue weighted by molar-refractivity contribution is 1.03. The van der Waals surface area contributed by atoms with Crippen molar-refractivity contribution < 1.29 is 0 Å². The van der Waals surface area contributed by atoms with Gasteiger partial charge in [-0.1, -0.05) is 0 Å². The van der Waals surface area contributed by atoms with Gasteiger partial charge in [0.2, 0.25) is 0 Å². The van der Waals surface area contributed by atoms with E-state index in [0.29, 0.717) is 17.0 Å². The molecule has 2 aromatic heterocycles. The maximum Gasteiger partial charge on any atom is 0.184 e. The van der Waals surface area contributed by atoms with Gasteiger partial charge in [-0.25, -0.2) is 19.6 Å². The first-order valence-electron chi connectivity index (χ1n) is 2.97. The van der Waals surface area contributed by atoms with Crippen LogP contribution in [0.25, 0.3) is 11.2 Å². The van der Waals surface area contributed by atoms with Crippen molar-refractivity contribution in [3.63, 3.8) is 0 Å². The first-order valence-corrected chi connectivity index (χ1v) is 2.97. The topological polar surface area (TPSA) is 95.6 Å². The second-order valence-electron chi connectivity index (χ2n) is 2.08.